The Hall–Kier alpha value is -3.13. The summed E-state index contributed by atoms with van der Waals surface area (Å²) in [7, 11) is 0. The van der Waals surface area contributed by atoms with E-state index >= 15 is 0 Å². The van der Waals surface area contributed by atoms with Crippen LogP contribution in [0, 0.1) is 16.0 Å². The number of piperidine rings is 1. The van der Waals surface area contributed by atoms with Crippen molar-refractivity contribution in [1.29, 1.82) is 0 Å². The average molecular weight is 432 g/mol. The van der Waals surface area contributed by atoms with Crippen LogP contribution in [0.4, 0.5) is 5.69 Å². The van der Waals surface area contributed by atoms with Crippen LogP contribution in [0.2, 0.25) is 5.02 Å². The van der Waals surface area contributed by atoms with Gasteiger partial charge < -0.3 is 15.0 Å². The van der Waals surface area contributed by atoms with Crippen molar-refractivity contribution in [3.8, 4) is 5.75 Å². The van der Waals surface area contributed by atoms with Crippen molar-refractivity contribution in [2.75, 3.05) is 26.2 Å². The first-order valence-corrected chi connectivity index (χ1v) is 9.99. The molecule has 3 rings (SSSR count). The summed E-state index contributed by atoms with van der Waals surface area (Å²) in [6, 6.07) is 13.0. The van der Waals surface area contributed by atoms with Gasteiger partial charge in [-0.15, -0.1) is 0 Å². The maximum absolute atomic E-state index is 12.3. The number of ether oxygens (including phenoxy) is 1. The Morgan fingerprint density at radius 3 is 2.50 bits per heavy atom. The fourth-order valence-corrected chi connectivity index (χ4v) is 3.53. The molecule has 0 unspecified atom stereocenters. The predicted octanol–water partition coefficient (Wildman–Crippen LogP) is 3.30. The van der Waals surface area contributed by atoms with Gasteiger partial charge in [0.05, 0.1) is 15.5 Å². The molecular weight excluding hydrogens is 410 g/mol. The second-order valence-corrected chi connectivity index (χ2v) is 7.46. The zero-order valence-corrected chi connectivity index (χ0v) is 17.0. The number of carbonyl (C=O) groups is 2. The zero-order chi connectivity index (χ0) is 21.5. The van der Waals surface area contributed by atoms with Gasteiger partial charge in [-0.25, -0.2) is 0 Å². The van der Waals surface area contributed by atoms with Crippen molar-refractivity contribution >= 4 is 29.1 Å². The van der Waals surface area contributed by atoms with Crippen molar-refractivity contribution in [2.45, 2.75) is 12.8 Å². The van der Waals surface area contributed by atoms with Crippen molar-refractivity contribution in [3.63, 3.8) is 0 Å². The molecule has 30 heavy (non-hydrogen) atoms. The lowest BCUT2D eigenvalue weighted by Gasteiger charge is -2.32. The van der Waals surface area contributed by atoms with Gasteiger partial charge in [-0.1, -0.05) is 29.8 Å². The van der Waals surface area contributed by atoms with E-state index in [1.807, 2.05) is 18.2 Å². The van der Waals surface area contributed by atoms with Gasteiger partial charge in [0.15, 0.2) is 6.61 Å². The summed E-state index contributed by atoms with van der Waals surface area (Å²) in [4.78, 5) is 36.6. The Balaban J connectivity index is 1.42. The van der Waals surface area contributed by atoms with Gasteiger partial charge in [0.1, 0.15) is 5.75 Å². The molecule has 0 saturated carbocycles. The highest BCUT2D eigenvalue weighted by Gasteiger charge is 2.24. The number of rotatable bonds is 7. The lowest BCUT2D eigenvalue weighted by molar-refractivity contribution is -0.384. The highest BCUT2D eigenvalue weighted by Crippen LogP contribution is 2.23. The largest absolute Gasteiger partial charge is 0.484 e. The summed E-state index contributed by atoms with van der Waals surface area (Å²) in [5.74, 6) is 0.474. The maximum atomic E-state index is 12.3. The lowest BCUT2D eigenvalue weighted by atomic mass is 9.96. The molecular formula is C21H22ClN3O5. The van der Waals surface area contributed by atoms with E-state index in [-0.39, 0.29) is 40.6 Å². The molecule has 2 aromatic carbocycles. The van der Waals surface area contributed by atoms with E-state index in [9.17, 15) is 19.7 Å². The standard InChI is InChI=1S/C21H22ClN3O5/c22-19-12-16(25(28)29)6-7-18(19)21(27)23-13-15-8-10-24(11-9-15)20(26)14-30-17-4-2-1-3-5-17/h1-7,12,15H,8-11,13-14H2,(H,23,27). The van der Waals surface area contributed by atoms with Gasteiger partial charge in [-0.3, -0.25) is 19.7 Å². The molecule has 9 heteroatoms. The topological polar surface area (TPSA) is 102 Å². The number of benzene rings is 2. The molecule has 2 aromatic rings. The number of nitrogens with zero attached hydrogens (tertiary/aromatic N) is 2. The smallest absolute Gasteiger partial charge is 0.270 e. The molecule has 0 aromatic heterocycles. The monoisotopic (exact) mass is 431 g/mol. The number of halogens is 1. The molecule has 0 spiro atoms. The van der Waals surface area contributed by atoms with Crippen LogP contribution < -0.4 is 10.1 Å². The van der Waals surface area contributed by atoms with E-state index in [1.54, 1.807) is 17.0 Å². The van der Waals surface area contributed by atoms with Gasteiger partial charge >= 0.3 is 0 Å². The second-order valence-electron chi connectivity index (χ2n) is 7.06. The normalized spacial score (nSPS) is 14.2. The van der Waals surface area contributed by atoms with Crippen LogP contribution in [0.1, 0.15) is 23.2 Å². The molecule has 1 heterocycles. The fourth-order valence-electron chi connectivity index (χ4n) is 3.27. The van der Waals surface area contributed by atoms with Crippen LogP contribution >= 0.6 is 11.6 Å². The molecule has 0 bridgehead atoms. The molecule has 1 fully saturated rings. The number of nitro benzene ring substituents is 1. The van der Waals surface area contributed by atoms with E-state index in [2.05, 4.69) is 5.32 Å². The summed E-state index contributed by atoms with van der Waals surface area (Å²) in [5, 5.41) is 13.6. The Bertz CT molecular complexity index is 914. The highest BCUT2D eigenvalue weighted by molar-refractivity contribution is 6.34. The average Bonchev–Trinajstić information content (AvgIpc) is 2.76. The van der Waals surface area contributed by atoms with E-state index in [0.29, 0.717) is 25.4 Å². The Kier molecular flexibility index (Phi) is 7.24. The van der Waals surface area contributed by atoms with Crippen molar-refractivity contribution in [2.24, 2.45) is 5.92 Å². The van der Waals surface area contributed by atoms with Crippen molar-refractivity contribution in [1.82, 2.24) is 10.2 Å². The minimum Gasteiger partial charge on any atom is -0.484 e. The number of likely N-dealkylation sites (tertiary alicyclic amines) is 1. The molecule has 0 atom stereocenters. The Morgan fingerprint density at radius 2 is 1.87 bits per heavy atom. The molecule has 158 valence electrons. The highest BCUT2D eigenvalue weighted by atomic mass is 35.5. The molecule has 1 aliphatic rings. The van der Waals surface area contributed by atoms with E-state index < -0.39 is 4.92 Å². The molecule has 1 aliphatic heterocycles. The third-order valence-corrected chi connectivity index (χ3v) is 5.34. The number of nitrogens with one attached hydrogen (secondary N) is 1. The Labute approximate surface area is 178 Å². The van der Waals surface area contributed by atoms with Crippen molar-refractivity contribution in [3.05, 3.63) is 69.2 Å². The van der Waals surface area contributed by atoms with Gasteiger partial charge in [0.2, 0.25) is 0 Å². The lowest BCUT2D eigenvalue weighted by Crippen LogP contribution is -2.43. The number of non-ortho nitro benzene ring substituents is 1. The number of carbonyl (C=O) groups excluding carboxylic acids is 2. The second kappa shape index (κ2) is 10.1. The first-order valence-electron chi connectivity index (χ1n) is 9.62. The predicted molar refractivity (Wildman–Crippen MR) is 112 cm³/mol. The molecule has 1 N–H and O–H groups in total. The summed E-state index contributed by atoms with van der Waals surface area (Å²) in [5.41, 5.74) is 0.0396. The molecule has 0 aliphatic carbocycles. The number of hydrogen-bond acceptors (Lipinski definition) is 5. The summed E-state index contributed by atoms with van der Waals surface area (Å²) >= 11 is 6.00. The molecule has 8 nitrogen and oxygen atoms in total. The minimum absolute atomic E-state index is 0.00403. The summed E-state index contributed by atoms with van der Waals surface area (Å²) in [6.07, 6.45) is 1.54. The number of hydrogen-bond donors (Lipinski definition) is 1. The maximum Gasteiger partial charge on any atom is 0.270 e. The minimum atomic E-state index is -0.562. The van der Waals surface area contributed by atoms with Gasteiger partial charge in [0.25, 0.3) is 17.5 Å². The van der Waals surface area contributed by atoms with Crippen LogP contribution in [-0.2, 0) is 4.79 Å². The first kappa shape index (κ1) is 21.6. The number of amides is 2. The van der Waals surface area contributed by atoms with Crippen LogP contribution in [0.15, 0.2) is 48.5 Å². The quantitative estimate of drug-likeness (QED) is 0.535. The zero-order valence-electron chi connectivity index (χ0n) is 16.3. The van der Waals surface area contributed by atoms with Crippen LogP contribution in [0.3, 0.4) is 0 Å². The molecule has 2 amide bonds. The summed E-state index contributed by atoms with van der Waals surface area (Å²) < 4.78 is 5.51. The number of nitro groups is 1. The van der Waals surface area contributed by atoms with E-state index in [1.165, 1.54) is 12.1 Å². The molecule has 0 radical (unpaired) electrons. The number of para-hydroxylation sites is 1. The van der Waals surface area contributed by atoms with Crippen LogP contribution in [0.25, 0.3) is 0 Å². The van der Waals surface area contributed by atoms with E-state index in [4.69, 9.17) is 16.3 Å². The molecule has 1 saturated heterocycles. The summed E-state index contributed by atoms with van der Waals surface area (Å²) in [6.45, 7) is 1.67. The fraction of sp³-hybridized carbons (Fsp3) is 0.333. The van der Waals surface area contributed by atoms with Crippen molar-refractivity contribution < 1.29 is 19.2 Å². The van der Waals surface area contributed by atoms with Crippen LogP contribution in [-0.4, -0.2) is 47.9 Å². The van der Waals surface area contributed by atoms with E-state index in [0.717, 1.165) is 18.9 Å². The van der Waals surface area contributed by atoms with Crippen LogP contribution in [0.5, 0.6) is 5.75 Å². The van der Waals surface area contributed by atoms with Gasteiger partial charge in [-0.05, 0) is 37.0 Å². The third kappa shape index (κ3) is 5.70. The first-order chi connectivity index (χ1) is 14.4. The van der Waals surface area contributed by atoms with Gasteiger partial charge in [0, 0.05) is 31.8 Å². The Morgan fingerprint density at radius 1 is 1.17 bits per heavy atom. The third-order valence-electron chi connectivity index (χ3n) is 5.03. The van der Waals surface area contributed by atoms with Gasteiger partial charge in [-0.2, -0.15) is 0 Å². The SMILES string of the molecule is O=C(NCC1CCN(C(=O)COc2ccccc2)CC1)c1ccc([N+](=O)[O-])cc1Cl.